The summed E-state index contributed by atoms with van der Waals surface area (Å²) in [7, 11) is 0. The molecule has 0 N–H and O–H groups in total. The molecule has 0 aliphatic rings. The molecule has 0 atom stereocenters. The molecule has 0 amide bonds. The van der Waals surface area contributed by atoms with E-state index in [-0.39, 0.29) is 0 Å². The van der Waals surface area contributed by atoms with Crippen LogP contribution in [0.4, 0.5) is 0 Å². The van der Waals surface area contributed by atoms with E-state index in [1.165, 1.54) is 0 Å². The van der Waals surface area contributed by atoms with Gasteiger partial charge in [0.15, 0.2) is 0 Å². The molecule has 0 unspecified atom stereocenters. The summed E-state index contributed by atoms with van der Waals surface area (Å²) in [5, 5.41) is 0. The second-order valence-electron chi connectivity index (χ2n) is 4.83. The van der Waals surface area contributed by atoms with Crippen molar-refractivity contribution < 1.29 is 14.2 Å². The zero-order chi connectivity index (χ0) is 15.0. The van der Waals surface area contributed by atoms with E-state index in [4.69, 9.17) is 14.2 Å². The van der Waals surface area contributed by atoms with Crippen molar-refractivity contribution in [2.24, 2.45) is 0 Å². The minimum atomic E-state index is 0.438. The molecule has 0 bridgehead atoms. The zero-order valence-electron chi connectivity index (χ0n) is 12.1. The summed E-state index contributed by atoms with van der Waals surface area (Å²) < 4.78 is 5.47. The van der Waals surface area contributed by atoms with Gasteiger partial charge >= 0.3 is 0 Å². The first kappa shape index (κ1) is 14.5. The Morgan fingerprint density at radius 1 is 0.864 bits per heavy atom. The largest absolute Gasteiger partial charge is 0.444 e. The van der Waals surface area contributed by atoms with Gasteiger partial charge < -0.3 is 4.42 Å². The Labute approximate surface area is 129 Å². The average molecular weight is 295 g/mol. The lowest BCUT2D eigenvalue weighted by atomic mass is 10.2. The Balaban J connectivity index is 1.42. The lowest BCUT2D eigenvalue weighted by Gasteiger charge is -2.02. The van der Waals surface area contributed by atoms with E-state index >= 15 is 0 Å². The smallest absolute Gasteiger partial charge is 0.226 e. The quantitative estimate of drug-likeness (QED) is 0.375. The van der Waals surface area contributed by atoms with Gasteiger partial charge in [-0.25, -0.2) is 14.8 Å². The number of rotatable bonds is 7. The maximum absolute atomic E-state index is 5.47. The molecule has 1 aromatic heterocycles. The molecular weight excluding hydrogens is 278 g/mol. The van der Waals surface area contributed by atoms with E-state index in [0.29, 0.717) is 25.5 Å². The number of oxazole rings is 1. The highest BCUT2D eigenvalue weighted by Gasteiger charge is 2.06. The summed E-state index contributed by atoms with van der Waals surface area (Å²) in [5.74, 6) is 0.626. The molecule has 0 radical (unpaired) electrons. The predicted molar refractivity (Wildman–Crippen MR) is 82.8 cm³/mol. The molecule has 3 aromatic rings. The van der Waals surface area contributed by atoms with Crippen molar-refractivity contribution in [3.8, 4) is 11.5 Å². The van der Waals surface area contributed by atoms with E-state index in [2.05, 4.69) is 4.98 Å². The average Bonchev–Trinajstić information content (AvgIpc) is 3.05. The van der Waals surface area contributed by atoms with E-state index in [9.17, 15) is 0 Å². The summed E-state index contributed by atoms with van der Waals surface area (Å²) in [4.78, 5) is 14.8. The molecule has 3 rings (SSSR count). The van der Waals surface area contributed by atoms with Crippen LogP contribution < -0.4 is 0 Å². The van der Waals surface area contributed by atoms with Crippen molar-refractivity contribution in [3.05, 3.63) is 78.2 Å². The highest BCUT2D eigenvalue weighted by molar-refractivity contribution is 5.52. The normalized spacial score (nSPS) is 10.7. The van der Waals surface area contributed by atoms with Crippen LogP contribution in [0.2, 0.25) is 0 Å². The summed E-state index contributed by atoms with van der Waals surface area (Å²) in [5.41, 5.74) is 2.90. The van der Waals surface area contributed by atoms with E-state index < -0.39 is 0 Å². The minimum Gasteiger partial charge on any atom is -0.444 e. The van der Waals surface area contributed by atoms with E-state index in [1.54, 1.807) is 6.26 Å². The fourth-order valence-corrected chi connectivity index (χ4v) is 2.02. The Morgan fingerprint density at radius 3 is 2.36 bits per heavy atom. The van der Waals surface area contributed by atoms with Gasteiger partial charge in [-0.3, -0.25) is 0 Å². The molecule has 112 valence electrons. The first-order valence-corrected chi connectivity index (χ1v) is 7.20. The summed E-state index contributed by atoms with van der Waals surface area (Å²) in [6, 6.07) is 19.7. The van der Waals surface area contributed by atoms with Crippen LogP contribution in [0.15, 0.2) is 71.3 Å². The van der Waals surface area contributed by atoms with Crippen LogP contribution in [0.1, 0.15) is 11.3 Å². The van der Waals surface area contributed by atoms with Gasteiger partial charge in [-0.15, -0.1) is 0 Å². The maximum atomic E-state index is 5.47. The fourth-order valence-electron chi connectivity index (χ4n) is 2.02. The van der Waals surface area contributed by atoms with Crippen LogP contribution in [0, 0.1) is 0 Å². The standard InChI is InChI=1S/C18H17NO3/c1-3-7-15(8-4-1)13-22-21-12-11-17-14-20-18(19-17)16-9-5-2-6-10-16/h1-10,14H,11-13H2. The molecule has 4 nitrogen and oxygen atoms in total. The number of hydrogen-bond donors (Lipinski definition) is 0. The topological polar surface area (TPSA) is 44.5 Å². The predicted octanol–water partition coefficient (Wildman–Crippen LogP) is 4.03. The van der Waals surface area contributed by atoms with Crippen LogP contribution in [-0.2, 0) is 22.8 Å². The van der Waals surface area contributed by atoms with Crippen LogP contribution in [0.5, 0.6) is 0 Å². The minimum absolute atomic E-state index is 0.438. The number of hydrogen-bond acceptors (Lipinski definition) is 4. The van der Waals surface area contributed by atoms with Crippen LogP contribution in [-0.4, -0.2) is 11.6 Å². The van der Waals surface area contributed by atoms with Crippen molar-refractivity contribution in [1.82, 2.24) is 4.98 Å². The molecule has 0 spiro atoms. The molecule has 0 aliphatic carbocycles. The maximum Gasteiger partial charge on any atom is 0.226 e. The van der Waals surface area contributed by atoms with Gasteiger partial charge in [0, 0.05) is 12.0 Å². The van der Waals surface area contributed by atoms with Crippen molar-refractivity contribution in [1.29, 1.82) is 0 Å². The van der Waals surface area contributed by atoms with Crippen molar-refractivity contribution in [2.75, 3.05) is 6.61 Å². The van der Waals surface area contributed by atoms with Crippen LogP contribution in [0.25, 0.3) is 11.5 Å². The summed E-state index contributed by atoms with van der Waals surface area (Å²) >= 11 is 0. The van der Waals surface area contributed by atoms with Gasteiger partial charge in [-0.1, -0.05) is 48.5 Å². The monoisotopic (exact) mass is 295 g/mol. The highest BCUT2D eigenvalue weighted by Crippen LogP contribution is 2.18. The number of aromatic nitrogens is 1. The molecule has 0 saturated heterocycles. The Kier molecular flexibility index (Phi) is 4.97. The second-order valence-corrected chi connectivity index (χ2v) is 4.83. The Hall–Kier alpha value is -2.43. The molecule has 1 heterocycles. The van der Waals surface area contributed by atoms with Gasteiger partial charge in [-0.2, -0.15) is 0 Å². The number of benzene rings is 2. The first-order chi connectivity index (χ1) is 10.9. The first-order valence-electron chi connectivity index (χ1n) is 7.20. The molecule has 22 heavy (non-hydrogen) atoms. The molecular formula is C18H17NO3. The second kappa shape index (κ2) is 7.54. The Morgan fingerprint density at radius 2 is 1.59 bits per heavy atom. The SMILES string of the molecule is c1ccc(COOCCc2coc(-c3ccccc3)n2)cc1. The van der Waals surface area contributed by atoms with E-state index in [1.807, 2.05) is 60.7 Å². The summed E-state index contributed by atoms with van der Waals surface area (Å²) in [6.07, 6.45) is 2.30. The van der Waals surface area contributed by atoms with Gasteiger partial charge in [0.25, 0.3) is 0 Å². The zero-order valence-corrected chi connectivity index (χ0v) is 12.1. The number of nitrogens with zero attached hydrogens (tertiary/aromatic N) is 1. The van der Waals surface area contributed by atoms with Gasteiger partial charge in [0.05, 0.1) is 12.3 Å². The van der Waals surface area contributed by atoms with Crippen molar-refractivity contribution >= 4 is 0 Å². The third-order valence-electron chi connectivity index (χ3n) is 3.17. The fraction of sp³-hybridized carbons (Fsp3) is 0.167. The summed E-state index contributed by atoms with van der Waals surface area (Å²) in [6.45, 7) is 0.877. The van der Waals surface area contributed by atoms with Gasteiger partial charge in [0.1, 0.15) is 12.9 Å². The molecule has 2 aromatic carbocycles. The molecule has 0 saturated carbocycles. The van der Waals surface area contributed by atoms with Crippen molar-refractivity contribution in [3.63, 3.8) is 0 Å². The highest BCUT2D eigenvalue weighted by atomic mass is 17.2. The lowest BCUT2D eigenvalue weighted by Crippen LogP contribution is -2.00. The molecule has 0 aliphatic heterocycles. The van der Waals surface area contributed by atoms with Gasteiger partial charge in [0.2, 0.25) is 5.89 Å². The third-order valence-corrected chi connectivity index (χ3v) is 3.17. The van der Waals surface area contributed by atoms with E-state index in [0.717, 1.165) is 16.8 Å². The van der Waals surface area contributed by atoms with Crippen LogP contribution >= 0.6 is 0 Å². The van der Waals surface area contributed by atoms with Crippen LogP contribution in [0.3, 0.4) is 0 Å². The molecule has 0 fully saturated rings. The third kappa shape index (κ3) is 4.04. The Bertz CT molecular complexity index is 680. The lowest BCUT2D eigenvalue weighted by molar-refractivity contribution is -0.303. The van der Waals surface area contributed by atoms with Crippen molar-refractivity contribution in [2.45, 2.75) is 13.0 Å². The molecule has 4 heteroatoms. The van der Waals surface area contributed by atoms with Gasteiger partial charge in [-0.05, 0) is 17.7 Å².